The van der Waals surface area contributed by atoms with Gasteiger partial charge in [-0.25, -0.2) is 0 Å². The maximum absolute atomic E-state index is 12.5. The van der Waals surface area contributed by atoms with Gasteiger partial charge in [0, 0.05) is 19.3 Å². The SMILES string of the molecule is CCCCCCCCCC(=O)NC(COC(=O)CCCCCCCCC)COC(=O)CCCCCCCCC. The van der Waals surface area contributed by atoms with Crippen molar-refractivity contribution in [3.63, 3.8) is 0 Å². The molecule has 0 heterocycles. The smallest absolute Gasteiger partial charge is 0.305 e. The van der Waals surface area contributed by atoms with Crippen molar-refractivity contribution in [2.24, 2.45) is 0 Å². The monoisotopic (exact) mass is 553 g/mol. The van der Waals surface area contributed by atoms with Crippen molar-refractivity contribution in [3.8, 4) is 0 Å². The van der Waals surface area contributed by atoms with E-state index in [0.717, 1.165) is 57.8 Å². The van der Waals surface area contributed by atoms with Gasteiger partial charge in [0.25, 0.3) is 0 Å². The number of ether oxygens (including phenoxy) is 2. The average molecular weight is 554 g/mol. The summed E-state index contributed by atoms with van der Waals surface area (Å²) in [5.41, 5.74) is 0. The van der Waals surface area contributed by atoms with E-state index in [1.54, 1.807) is 0 Å². The molecule has 0 fully saturated rings. The first-order valence-corrected chi connectivity index (χ1v) is 16.6. The van der Waals surface area contributed by atoms with Crippen LogP contribution in [-0.2, 0) is 23.9 Å². The van der Waals surface area contributed by atoms with E-state index in [-0.39, 0.29) is 31.1 Å². The van der Waals surface area contributed by atoms with Gasteiger partial charge in [0.2, 0.25) is 5.91 Å². The molecular weight excluding hydrogens is 490 g/mol. The Morgan fingerprint density at radius 3 is 1.13 bits per heavy atom. The molecule has 1 N–H and O–H groups in total. The first-order valence-electron chi connectivity index (χ1n) is 16.6. The van der Waals surface area contributed by atoms with Crippen molar-refractivity contribution < 1.29 is 23.9 Å². The Labute approximate surface area is 241 Å². The molecule has 0 rings (SSSR count). The van der Waals surface area contributed by atoms with Crippen LogP contribution in [0.2, 0.25) is 0 Å². The van der Waals surface area contributed by atoms with E-state index >= 15 is 0 Å². The minimum atomic E-state index is -0.502. The number of hydrogen-bond acceptors (Lipinski definition) is 5. The Hall–Kier alpha value is -1.59. The molecule has 0 atom stereocenters. The van der Waals surface area contributed by atoms with Crippen molar-refractivity contribution in [2.45, 2.75) is 181 Å². The fourth-order valence-corrected chi connectivity index (χ4v) is 4.66. The lowest BCUT2D eigenvalue weighted by atomic mass is 10.1. The number of nitrogens with one attached hydrogen (secondary N) is 1. The Morgan fingerprint density at radius 1 is 0.462 bits per heavy atom. The number of carbonyl (C=O) groups excluding carboxylic acids is 3. The second kappa shape index (κ2) is 29.4. The van der Waals surface area contributed by atoms with E-state index in [9.17, 15) is 14.4 Å². The highest BCUT2D eigenvalue weighted by atomic mass is 16.5. The summed E-state index contributed by atoms with van der Waals surface area (Å²) >= 11 is 0. The predicted octanol–water partition coefficient (Wildman–Crippen LogP) is 8.98. The van der Waals surface area contributed by atoms with Crippen LogP contribution in [0.3, 0.4) is 0 Å². The van der Waals surface area contributed by atoms with Gasteiger partial charge in [-0.15, -0.1) is 0 Å². The average Bonchev–Trinajstić information content (AvgIpc) is 2.93. The molecule has 0 spiro atoms. The van der Waals surface area contributed by atoms with Crippen molar-refractivity contribution in [2.75, 3.05) is 13.2 Å². The van der Waals surface area contributed by atoms with Crippen LogP contribution in [0, 0.1) is 0 Å². The molecule has 0 aliphatic rings. The molecule has 0 radical (unpaired) electrons. The molecule has 39 heavy (non-hydrogen) atoms. The van der Waals surface area contributed by atoms with Crippen LogP contribution >= 0.6 is 0 Å². The lowest BCUT2D eigenvalue weighted by molar-refractivity contribution is -0.149. The van der Waals surface area contributed by atoms with Gasteiger partial charge in [0.1, 0.15) is 13.2 Å². The van der Waals surface area contributed by atoms with Crippen LogP contribution in [0.15, 0.2) is 0 Å². The maximum atomic E-state index is 12.5. The minimum absolute atomic E-state index is 0.0444. The highest BCUT2D eigenvalue weighted by molar-refractivity contribution is 5.76. The molecule has 1 amide bonds. The van der Waals surface area contributed by atoms with E-state index in [2.05, 4.69) is 26.1 Å². The highest BCUT2D eigenvalue weighted by Gasteiger charge is 2.17. The first kappa shape index (κ1) is 37.4. The summed E-state index contributed by atoms with van der Waals surface area (Å²) in [5, 5.41) is 2.94. The van der Waals surface area contributed by atoms with Gasteiger partial charge in [0.05, 0.1) is 6.04 Å². The number of rotatable bonds is 29. The summed E-state index contributed by atoms with van der Waals surface area (Å²) in [6.07, 6.45) is 25.3. The second-order valence-corrected chi connectivity index (χ2v) is 11.2. The summed E-state index contributed by atoms with van der Waals surface area (Å²) in [4.78, 5) is 37.0. The Balaban J connectivity index is 4.36. The molecule has 6 nitrogen and oxygen atoms in total. The topological polar surface area (TPSA) is 81.7 Å². The van der Waals surface area contributed by atoms with Gasteiger partial charge in [-0.2, -0.15) is 0 Å². The largest absolute Gasteiger partial charge is 0.463 e. The van der Waals surface area contributed by atoms with Crippen LogP contribution in [0.25, 0.3) is 0 Å². The third-order valence-corrected chi connectivity index (χ3v) is 7.23. The van der Waals surface area contributed by atoms with E-state index in [0.29, 0.717) is 19.3 Å². The van der Waals surface area contributed by atoms with Crippen molar-refractivity contribution in [1.29, 1.82) is 0 Å². The van der Waals surface area contributed by atoms with Crippen molar-refractivity contribution >= 4 is 17.8 Å². The zero-order valence-electron chi connectivity index (χ0n) is 26.0. The number of unbranched alkanes of at least 4 members (excludes halogenated alkanes) is 18. The van der Waals surface area contributed by atoms with Crippen molar-refractivity contribution in [3.05, 3.63) is 0 Å². The number of amides is 1. The summed E-state index contributed by atoms with van der Waals surface area (Å²) in [5.74, 6) is -0.562. The molecular formula is C33H63NO5. The molecule has 0 aromatic carbocycles. The quantitative estimate of drug-likeness (QED) is 0.0738. The standard InChI is InChI=1S/C33H63NO5/c1-4-7-10-13-16-19-22-25-31(35)34-30(28-38-32(36)26-23-20-17-14-11-8-5-2)29-39-33(37)27-24-21-18-15-12-9-6-3/h30H,4-29H2,1-3H3,(H,34,35). The number of carbonyl (C=O) groups is 3. The molecule has 0 unspecified atom stereocenters. The third kappa shape index (κ3) is 27.8. The molecule has 0 aromatic rings. The van der Waals surface area contributed by atoms with Gasteiger partial charge >= 0.3 is 11.9 Å². The number of esters is 2. The molecule has 0 saturated heterocycles. The normalized spacial score (nSPS) is 11.1. The van der Waals surface area contributed by atoms with Crippen LogP contribution in [0.4, 0.5) is 0 Å². The fraction of sp³-hybridized carbons (Fsp3) is 0.909. The zero-order valence-corrected chi connectivity index (χ0v) is 26.0. The van der Waals surface area contributed by atoms with Crippen molar-refractivity contribution in [1.82, 2.24) is 5.32 Å². The van der Waals surface area contributed by atoms with Gasteiger partial charge in [-0.3, -0.25) is 14.4 Å². The highest BCUT2D eigenvalue weighted by Crippen LogP contribution is 2.11. The van der Waals surface area contributed by atoms with E-state index in [1.807, 2.05) is 0 Å². The molecule has 0 aliphatic carbocycles. The Bertz CT molecular complexity index is 546. The lowest BCUT2D eigenvalue weighted by Gasteiger charge is -2.19. The summed E-state index contributed by atoms with van der Waals surface area (Å²) in [7, 11) is 0. The van der Waals surface area contributed by atoms with Crippen LogP contribution in [-0.4, -0.2) is 37.1 Å². The maximum Gasteiger partial charge on any atom is 0.305 e. The fourth-order valence-electron chi connectivity index (χ4n) is 4.66. The first-order chi connectivity index (χ1) is 19.0. The van der Waals surface area contributed by atoms with Gasteiger partial charge < -0.3 is 14.8 Å². The van der Waals surface area contributed by atoms with E-state index in [1.165, 1.54) is 77.0 Å². The summed E-state index contributed by atoms with van der Waals surface area (Å²) < 4.78 is 10.9. The minimum Gasteiger partial charge on any atom is -0.463 e. The summed E-state index contributed by atoms with van der Waals surface area (Å²) in [6, 6.07) is -0.502. The number of hydrogen-bond donors (Lipinski definition) is 1. The van der Waals surface area contributed by atoms with Crippen LogP contribution < -0.4 is 5.32 Å². The molecule has 230 valence electrons. The van der Waals surface area contributed by atoms with Gasteiger partial charge in [-0.05, 0) is 19.3 Å². The molecule has 6 heteroatoms. The van der Waals surface area contributed by atoms with Gasteiger partial charge in [-0.1, -0.05) is 136 Å². The second-order valence-electron chi connectivity index (χ2n) is 11.2. The van der Waals surface area contributed by atoms with Crippen LogP contribution in [0.1, 0.15) is 175 Å². The third-order valence-electron chi connectivity index (χ3n) is 7.23. The lowest BCUT2D eigenvalue weighted by Crippen LogP contribution is -2.42. The van der Waals surface area contributed by atoms with Gasteiger partial charge in [0.15, 0.2) is 0 Å². The molecule has 0 saturated carbocycles. The van der Waals surface area contributed by atoms with Crippen LogP contribution in [0.5, 0.6) is 0 Å². The Kier molecular flexibility index (Phi) is 28.2. The molecule has 0 bridgehead atoms. The summed E-state index contributed by atoms with van der Waals surface area (Å²) in [6.45, 7) is 6.71. The molecule has 0 aliphatic heterocycles. The molecule has 0 aromatic heterocycles. The zero-order chi connectivity index (χ0) is 28.8. The van der Waals surface area contributed by atoms with E-state index in [4.69, 9.17) is 9.47 Å². The van der Waals surface area contributed by atoms with E-state index < -0.39 is 6.04 Å². The Morgan fingerprint density at radius 2 is 0.769 bits per heavy atom. The predicted molar refractivity (Wildman–Crippen MR) is 162 cm³/mol.